The highest BCUT2D eigenvalue weighted by Gasteiger charge is 2.32. The van der Waals surface area contributed by atoms with Gasteiger partial charge in [-0.3, -0.25) is 4.79 Å². The number of rotatable bonds is 5. The average molecular weight is 319 g/mol. The third-order valence-electron chi connectivity index (χ3n) is 3.91. The van der Waals surface area contributed by atoms with Crippen LogP contribution in [0, 0.1) is 5.92 Å². The van der Waals surface area contributed by atoms with Crippen LogP contribution in [-0.2, 0) is 6.18 Å². The molecule has 23 heavy (non-hydrogen) atoms. The van der Waals surface area contributed by atoms with Crippen molar-refractivity contribution in [1.82, 2.24) is 0 Å². The lowest BCUT2D eigenvalue weighted by Crippen LogP contribution is -2.13. The van der Waals surface area contributed by atoms with Gasteiger partial charge in [0.2, 0.25) is 0 Å². The minimum Gasteiger partial charge on any atom is -0.384 e. The Hall–Kier alpha value is -2.30. The average Bonchev–Trinajstić information content (AvgIpc) is 3.36. The van der Waals surface area contributed by atoms with Gasteiger partial charge in [-0.05, 0) is 37.0 Å². The third kappa shape index (κ3) is 3.73. The van der Waals surface area contributed by atoms with E-state index >= 15 is 0 Å². The molecule has 0 amide bonds. The molecule has 0 heterocycles. The zero-order chi connectivity index (χ0) is 16.4. The fraction of sp³-hybridized carbons (Fsp3) is 0.278. The number of halogens is 3. The van der Waals surface area contributed by atoms with Crippen molar-refractivity contribution in [2.24, 2.45) is 5.92 Å². The maximum absolute atomic E-state index is 13.0. The summed E-state index contributed by atoms with van der Waals surface area (Å²) in [4.78, 5) is 12.6. The molecule has 5 heteroatoms. The molecular formula is C18H16F3NO. The highest BCUT2D eigenvalue weighted by molar-refractivity contribution is 6.12. The molecular weight excluding hydrogens is 303 g/mol. The van der Waals surface area contributed by atoms with Gasteiger partial charge in [0, 0.05) is 23.4 Å². The van der Waals surface area contributed by atoms with E-state index in [9.17, 15) is 18.0 Å². The molecule has 0 radical (unpaired) electrons. The molecule has 1 saturated carbocycles. The molecule has 1 fully saturated rings. The summed E-state index contributed by atoms with van der Waals surface area (Å²) in [5.41, 5.74) is 0.0838. The second kappa shape index (κ2) is 6.07. The van der Waals surface area contributed by atoms with Gasteiger partial charge in [0.15, 0.2) is 5.78 Å². The van der Waals surface area contributed by atoms with Crippen LogP contribution in [0.3, 0.4) is 0 Å². The van der Waals surface area contributed by atoms with Gasteiger partial charge in [0.1, 0.15) is 0 Å². The lowest BCUT2D eigenvalue weighted by molar-refractivity contribution is -0.137. The van der Waals surface area contributed by atoms with Gasteiger partial charge in [-0.2, -0.15) is 13.2 Å². The van der Waals surface area contributed by atoms with Crippen molar-refractivity contribution >= 4 is 11.5 Å². The summed E-state index contributed by atoms with van der Waals surface area (Å²) in [6, 6.07) is 11.6. The van der Waals surface area contributed by atoms with Crippen molar-refractivity contribution < 1.29 is 18.0 Å². The largest absolute Gasteiger partial charge is 0.416 e. The van der Waals surface area contributed by atoms with E-state index in [2.05, 4.69) is 5.32 Å². The molecule has 2 nitrogen and oxygen atoms in total. The van der Waals surface area contributed by atoms with Gasteiger partial charge in [0.05, 0.1) is 5.56 Å². The Morgan fingerprint density at radius 3 is 2.39 bits per heavy atom. The van der Waals surface area contributed by atoms with E-state index in [0.29, 0.717) is 23.7 Å². The minimum atomic E-state index is -4.47. The van der Waals surface area contributed by atoms with Gasteiger partial charge in [-0.15, -0.1) is 0 Å². The first-order valence-corrected chi connectivity index (χ1v) is 7.50. The summed E-state index contributed by atoms with van der Waals surface area (Å²) in [5.74, 6) is 0.145. The fourth-order valence-electron chi connectivity index (χ4n) is 2.38. The molecule has 0 unspecified atom stereocenters. The first-order valence-electron chi connectivity index (χ1n) is 7.50. The number of carbonyl (C=O) groups excluding carboxylic acids is 1. The number of carbonyl (C=O) groups is 1. The van der Waals surface area contributed by atoms with Gasteiger partial charge in [-0.1, -0.05) is 30.3 Å². The van der Waals surface area contributed by atoms with Gasteiger partial charge >= 0.3 is 6.18 Å². The molecule has 0 atom stereocenters. The highest BCUT2D eigenvalue weighted by Crippen LogP contribution is 2.34. The Kier molecular flexibility index (Phi) is 4.11. The van der Waals surface area contributed by atoms with Crippen molar-refractivity contribution in [2.45, 2.75) is 19.0 Å². The molecule has 1 N–H and O–H groups in total. The van der Waals surface area contributed by atoms with Crippen molar-refractivity contribution in [3.63, 3.8) is 0 Å². The van der Waals surface area contributed by atoms with E-state index in [-0.39, 0.29) is 5.56 Å². The maximum atomic E-state index is 13.0. The summed E-state index contributed by atoms with van der Waals surface area (Å²) in [6.45, 7) is 0.681. The Labute approximate surface area is 132 Å². The van der Waals surface area contributed by atoms with E-state index < -0.39 is 17.5 Å². The minimum absolute atomic E-state index is 0.0617. The summed E-state index contributed by atoms with van der Waals surface area (Å²) in [6.07, 6.45) is -2.23. The summed E-state index contributed by atoms with van der Waals surface area (Å²) in [5, 5.41) is 3.12. The lowest BCUT2D eigenvalue weighted by atomic mass is 9.99. The van der Waals surface area contributed by atoms with Crippen LogP contribution in [0.4, 0.5) is 18.9 Å². The molecule has 1 aliphatic carbocycles. The van der Waals surface area contributed by atoms with Crippen LogP contribution in [0.25, 0.3) is 0 Å². The zero-order valence-corrected chi connectivity index (χ0v) is 12.4. The van der Waals surface area contributed by atoms with Crippen LogP contribution in [0.1, 0.15) is 34.3 Å². The monoisotopic (exact) mass is 319 g/mol. The standard InChI is InChI=1S/C18H16F3NO/c19-18(20,21)14-8-9-16(22-11-12-6-7-12)15(10-14)17(23)13-4-2-1-3-5-13/h1-5,8-10,12,22H,6-7,11H2. The van der Waals surface area contributed by atoms with E-state index in [0.717, 1.165) is 25.0 Å². The predicted molar refractivity (Wildman–Crippen MR) is 82.5 cm³/mol. The van der Waals surface area contributed by atoms with E-state index in [1.54, 1.807) is 30.3 Å². The Morgan fingerprint density at radius 2 is 1.78 bits per heavy atom. The number of anilines is 1. The quantitative estimate of drug-likeness (QED) is 0.805. The molecule has 2 aromatic carbocycles. The van der Waals surface area contributed by atoms with Crippen LogP contribution in [0.2, 0.25) is 0 Å². The molecule has 0 spiro atoms. The predicted octanol–water partition coefficient (Wildman–Crippen LogP) is 4.76. The first kappa shape index (κ1) is 15.6. The normalized spacial score (nSPS) is 14.6. The van der Waals surface area contributed by atoms with Crippen LogP contribution >= 0.6 is 0 Å². The van der Waals surface area contributed by atoms with E-state index in [1.807, 2.05) is 0 Å². The van der Waals surface area contributed by atoms with Crippen LogP contribution in [0.15, 0.2) is 48.5 Å². The highest BCUT2D eigenvalue weighted by atomic mass is 19.4. The maximum Gasteiger partial charge on any atom is 0.416 e. The summed E-state index contributed by atoms with van der Waals surface area (Å²) in [7, 11) is 0. The van der Waals surface area contributed by atoms with Crippen LogP contribution in [-0.4, -0.2) is 12.3 Å². The SMILES string of the molecule is O=C(c1ccccc1)c1cc(C(F)(F)F)ccc1NCC1CC1. The van der Waals surface area contributed by atoms with Crippen molar-refractivity contribution in [2.75, 3.05) is 11.9 Å². The smallest absolute Gasteiger partial charge is 0.384 e. The number of hydrogen-bond acceptors (Lipinski definition) is 2. The van der Waals surface area contributed by atoms with E-state index in [4.69, 9.17) is 0 Å². The van der Waals surface area contributed by atoms with E-state index in [1.165, 1.54) is 6.07 Å². The lowest BCUT2D eigenvalue weighted by Gasteiger charge is -2.14. The third-order valence-corrected chi connectivity index (χ3v) is 3.91. The number of alkyl halides is 3. The molecule has 3 rings (SSSR count). The van der Waals surface area contributed by atoms with Gasteiger partial charge < -0.3 is 5.32 Å². The molecule has 0 bridgehead atoms. The van der Waals surface area contributed by atoms with Crippen molar-refractivity contribution in [1.29, 1.82) is 0 Å². The van der Waals surface area contributed by atoms with Gasteiger partial charge in [0.25, 0.3) is 0 Å². The molecule has 2 aromatic rings. The number of benzene rings is 2. The number of hydrogen-bond donors (Lipinski definition) is 1. The van der Waals surface area contributed by atoms with Crippen molar-refractivity contribution in [3.8, 4) is 0 Å². The number of nitrogens with one attached hydrogen (secondary N) is 1. The second-order valence-electron chi connectivity index (χ2n) is 5.78. The first-order chi connectivity index (χ1) is 10.9. The molecule has 1 aliphatic rings. The Balaban J connectivity index is 1.97. The second-order valence-corrected chi connectivity index (χ2v) is 5.78. The van der Waals surface area contributed by atoms with Gasteiger partial charge in [-0.25, -0.2) is 0 Å². The molecule has 0 saturated heterocycles. The molecule has 0 aromatic heterocycles. The van der Waals surface area contributed by atoms with Crippen LogP contribution < -0.4 is 5.32 Å². The molecule has 120 valence electrons. The van der Waals surface area contributed by atoms with Crippen molar-refractivity contribution in [3.05, 3.63) is 65.2 Å². The Bertz CT molecular complexity index is 706. The topological polar surface area (TPSA) is 29.1 Å². The zero-order valence-electron chi connectivity index (χ0n) is 12.4. The number of ketones is 1. The fourth-order valence-corrected chi connectivity index (χ4v) is 2.38. The summed E-state index contributed by atoms with van der Waals surface area (Å²) < 4.78 is 38.9. The summed E-state index contributed by atoms with van der Waals surface area (Å²) >= 11 is 0. The van der Waals surface area contributed by atoms with Crippen LogP contribution in [0.5, 0.6) is 0 Å². The Morgan fingerprint density at radius 1 is 1.09 bits per heavy atom. The molecule has 0 aliphatic heterocycles.